The third kappa shape index (κ3) is 15.2. The predicted molar refractivity (Wildman–Crippen MR) is 72.6 cm³/mol. The molecule has 0 aliphatic rings. The Kier molecular flexibility index (Phi) is 15.5. The fourth-order valence-electron chi connectivity index (χ4n) is 1.28. The van der Waals surface area contributed by atoms with Gasteiger partial charge in [0.15, 0.2) is 5.78 Å². The van der Waals surface area contributed by atoms with Crippen LogP contribution >= 0.6 is 0 Å². The maximum absolute atomic E-state index is 11.4. The molecule has 0 unspecified atom stereocenters. The number of ketones is 1. The Morgan fingerprint density at radius 1 is 0.900 bits per heavy atom. The van der Waals surface area contributed by atoms with Crippen LogP contribution in [-0.4, -0.2) is 71.5 Å². The van der Waals surface area contributed by atoms with Gasteiger partial charge in [-0.3, -0.25) is 4.79 Å². The van der Waals surface area contributed by atoms with Crippen molar-refractivity contribution in [1.82, 2.24) is 0 Å². The van der Waals surface area contributed by atoms with Crippen molar-refractivity contribution >= 4 is 12.1 Å². The van der Waals surface area contributed by atoms with Gasteiger partial charge in [0.2, 0.25) is 0 Å². The summed E-state index contributed by atoms with van der Waals surface area (Å²) in [7, 11) is 0. The van der Waals surface area contributed by atoms with Crippen LogP contribution in [-0.2, 0) is 28.5 Å². The van der Waals surface area contributed by atoms with E-state index in [9.17, 15) is 9.59 Å². The lowest BCUT2D eigenvalue weighted by Gasteiger charge is -2.05. The fourth-order valence-corrected chi connectivity index (χ4v) is 1.28. The van der Waals surface area contributed by atoms with E-state index in [0.29, 0.717) is 65.3 Å². The molecule has 7 heteroatoms. The van der Waals surface area contributed by atoms with Gasteiger partial charge in [-0.1, -0.05) is 0 Å². The molecule has 0 heterocycles. The molecule has 0 radical (unpaired) electrons. The number of Topliss-reactive ketones (excluding diaryl/α,β-unsaturated/α-hetero) is 1. The van der Waals surface area contributed by atoms with Crippen LogP contribution in [0.1, 0.15) is 12.8 Å². The van der Waals surface area contributed by atoms with Crippen molar-refractivity contribution in [2.24, 2.45) is 5.73 Å². The number of hydrogen-bond donors (Lipinski definition) is 1. The quantitative estimate of drug-likeness (QED) is 0.304. The molecule has 0 amide bonds. The van der Waals surface area contributed by atoms with Crippen LogP contribution in [0.3, 0.4) is 0 Å². The molecule has 0 aromatic heterocycles. The van der Waals surface area contributed by atoms with Crippen molar-refractivity contribution in [3.63, 3.8) is 0 Å². The Bertz CT molecular complexity index is 237. The summed E-state index contributed by atoms with van der Waals surface area (Å²) in [6.45, 7) is 3.35. The van der Waals surface area contributed by atoms with E-state index >= 15 is 0 Å². The van der Waals surface area contributed by atoms with E-state index in [1.807, 2.05) is 0 Å². The summed E-state index contributed by atoms with van der Waals surface area (Å²) in [6.07, 6.45) is 1.78. The molecule has 2 N–H and O–H groups in total. The Morgan fingerprint density at radius 2 is 1.55 bits per heavy atom. The van der Waals surface area contributed by atoms with E-state index in [4.69, 9.17) is 24.7 Å². The highest BCUT2D eigenvalue weighted by atomic mass is 16.5. The molecule has 0 fully saturated rings. The minimum atomic E-state index is 0.0460. The van der Waals surface area contributed by atoms with Gasteiger partial charge in [-0.2, -0.15) is 0 Å². The second-order valence-corrected chi connectivity index (χ2v) is 3.95. The van der Waals surface area contributed by atoms with Crippen molar-refractivity contribution in [3.05, 3.63) is 0 Å². The summed E-state index contributed by atoms with van der Waals surface area (Å²) < 4.78 is 20.4. The van der Waals surface area contributed by atoms with Crippen LogP contribution in [0, 0.1) is 0 Å². The van der Waals surface area contributed by atoms with Crippen molar-refractivity contribution in [1.29, 1.82) is 0 Å². The minimum absolute atomic E-state index is 0.0460. The van der Waals surface area contributed by atoms with Crippen LogP contribution in [0.15, 0.2) is 0 Å². The zero-order chi connectivity index (χ0) is 14.9. The first kappa shape index (κ1) is 19.1. The van der Waals surface area contributed by atoms with Crippen LogP contribution in [0.2, 0.25) is 0 Å². The van der Waals surface area contributed by atoms with E-state index in [0.717, 1.165) is 0 Å². The first-order valence-corrected chi connectivity index (χ1v) is 6.77. The van der Waals surface area contributed by atoms with Gasteiger partial charge < -0.3 is 29.5 Å². The number of carbonyl (C=O) groups is 2. The Hall–Kier alpha value is -0.860. The highest BCUT2D eigenvalue weighted by Crippen LogP contribution is 1.93. The summed E-state index contributed by atoms with van der Waals surface area (Å²) in [5, 5.41) is 0. The number of rotatable bonds is 16. The Labute approximate surface area is 119 Å². The number of hydrogen-bond acceptors (Lipinski definition) is 7. The monoisotopic (exact) mass is 291 g/mol. The summed E-state index contributed by atoms with van der Waals surface area (Å²) in [6, 6.07) is 0. The molecule has 20 heavy (non-hydrogen) atoms. The SMILES string of the molecule is NCCOCCOCC(=O)CCCOCCOCC=O. The van der Waals surface area contributed by atoms with E-state index in [2.05, 4.69) is 0 Å². The molecule has 0 saturated carbocycles. The molecule has 0 spiro atoms. The Balaban J connectivity index is 3.14. The number of aldehydes is 1. The third-order valence-electron chi connectivity index (χ3n) is 2.20. The number of nitrogens with two attached hydrogens (primary N) is 1. The zero-order valence-corrected chi connectivity index (χ0v) is 11.9. The summed E-state index contributed by atoms with van der Waals surface area (Å²) in [5.74, 6) is 0.0460. The lowest BCUT2D eigenvalue weighted by atomic mass is 10.2. The molecule has 0 aromatic carbocycles. The van der Waals surface area contributed by atoms with Crippen molar-refractivity contribution in [2.75, 3.05) is 59.4 Å². The minimum Gasteiger partial charge on any atom is -0.379 e. The molecule has 0 aliphatic heterocycles. The maximum atomic E-state index is 11.4. The molecular formula is C13H25NO6. The van der Waals surface area contributed by atoms with Crippen molar-refractivity contribution in [3.8, 4) is 0 Å². The number of ether oxygens (including phenoxy) is 4. The molecule has 7 nitrogen and oxygen atoms in total. The molecule has 118 valence electrons. The first-order chi connectivity index (χ1) is 9.81. The standard InChI is InChI=1S/C13H25NO6/c14-3-6-18-10-11-20-12-13(16)2-1-5-17-8-9-19-7-4-15/h4H,1-3,5-12,14H2. The zero-order valence-electron chi connectivity index (χ0n) is 11.9. The molecule has 0 aromatic rings. The third-order valence-corrected chi connectivity index (χ3v) is 2.20. The Morgan fingerprint density at radius 3 is 2.25 bits per heavy atom. The first-order valence-electron chi connectivity index (χ1n) is 6.77. The molecule has 0 saturated heterocycles. The normalized spacial score (nSPS) is 10.7. The maximum Gasteiger partial charge on any atom is 0.158 e. The van der Waals surface area contributed by atoms with Crippen molar-refractivity contribution < 1.29 is 28.5 Å². The average Bonchev–Trinajstić information content (AvgIpc) is 2.45. The van der Waals surface area contributed by atoms with Gasteiger partial charge in [0.05, 0.1) is 33.0 Å². The largest absolute Gasteiger partial charge is 0.379 e. The van der Waals surface area contributed by atoms with Gasteiger partial charge >= 0.3 is 0 Å². The van der Waals surface area contributed by atoms with Gasteiger partial charge in [0.1, 0.15) is 19.5 Å². The molecule has 0 bridgehead atoms. The van der Waals surface area contributed by atoms with Crippen LogP contribution < -0.4 is 5.73 Å². The van der Waals surface area contributed by atoms with Gasteiger partial charge in [-0.15, -0.1) is 0 Å². The van der Waals surface area contributed by atoms with Crippen molar-refractivity contribution in [2.45, 2.75) is 12.8 Å². The van der Waals surface area contributed by atoms with E-state index in [1.165, 1.54) is 0 Å². The topological polar surface area (TPSA) is 97.1 Å². The second-order valence-electron chi connectivity index (χ2n) is 3.95. The average molecular weight is 291 g/mol. The summed E-state index contributed by atoms with van der Waals surface area (Å²) in [5.41, 5.74) is 5.25. The van der Waals surface area contributed by atoms with E-state index < -0.39 is 0 Å². The summed E-state index contributed by atoms with van der Waals surface area (Å²) in [4.78, 5) is 21.3. The highest BCUT2D eigenvalue weighted by molar-refractivity contribution is 5.79. The van der Waals surface area contributed by atoms with E-state index in [-0.39, 0.29) is 19.0 Å². The number of carbonyl (C=O) groups excluding carboxylic acids is 2. The van der Waals surface area contributed by atoms with E-state index in [1.54, 1.807) is 0 Å². The molecule has 0 atom stereocenters. The van der Waals surface area contributed by atoms with Gasteiger partial charge in [-0.05, 0) is 6.42 Å². The molecule has 0 aliphatic carbocycles. The summed E-state index contributed by atoms with van der Waals surface area (Å²) >= 11 is 0. The van der Waals surface area contributed by atoms with Gasteiger partial charge in [-0.25, -0.2) is 0 Å². The van der Waals surface area contributed by atoms with Gasteiger partial charge in [0.25, 0.3) is 0 Å². The van der Waals surface area contributed by atoms with Crippen LogP contribution in [0.4, 0.5) is 0 Å². The lowest BCUT2D eigenvalue weighted by molar-refractivity contribution is -0.124. The van der Waals surface area contributed by atoms with Crippen LogP contribution in [0.25, 0.3) is 0 Å². The predicted octanol–water partition coefficient (Wildman–Crippen LogP) is -0.440. The molecule has 0 rings (SSSR count). The van der Waals surface area contributed by atoms with Gasteiger partial charge in [0, 0.05) is 19.6 Å². The highest BCUT2D eigenvalue weighted by Gasteiger charge is 2.02. The molecular weight excluding hydrogens is 266 g/mol. The smallest absolute Gasteiger partial charge is 0.158 e. The lowest BCUT2D eigenvalue weighted by Crippen LogP contribution is -2.15. The van der Waals surface area contributed by atoms with Crippen LogP contribution in [0.5, 0.6) is 0 Å². The fraction of sp³-hybridized carbons (Fsp3) is 0.846. The second kappa shape index (κ2) is 16.2.